The molecule has 3 aromatic carbocycles. The number of nitrogens with two attached hydrogens (primary N) is 2. The SMILES string of the molecule is N/C=C(\C=C(/N)c1ccccc1O)N1CCC(Oc2ccccc2)(C(=O)N2CC3(CCN(CC4CCN(c5cc(F)cc(F)c5)CC4)CC3)C2)CC1. The average Bonchev–Trinajstić information content (AvgIpc) is 3.14. The molecular formula is C41H50F2N6O3. The van der Waals surface area contributed by atoms with Crippen molar-refractivity contribution in [2.24, 2.45) is 22.8 Å². The molecule has 4 heterocycles. The van der Waals surface area contributed by atoms with Gasteiger partial charge in [-0.05, 0) is 87.2 Å². The Labute approximate surface area is 305 Å². The molecule has 3 aromatic rings. The highest BCUT2D eigenvalue weighted by Gasteiger charge is 2.53. The summed E-state index contributed by atoms with van der Waals surface area (Å²) in [6.45, 7) is 7.30. The van der Waals surface area contributed by atoms with Crippen molar-refractivity contribution >= 4 is 17.3 Å². The van der Waals surface area contributed by atoms with Gasteiger partial charge in [-0.2, -0.15) is 0 Å². The van der Waals surface area contributed by atoms with Gasteiger partial charge in [0.2, 0.25) is 0 Å². The Hall–Kier alpha value is -4.77. The van der Waals surface area contributed by atoms with Crippen molar-refractivity contribution < 1.29 is 23.4 Å². The van der Waals surface area contributed by atoms with Crippen LogP contribution < -0.4 is 21.1 Å². The van der Waals surface area contributed by atoms with E-state index in [0.717, 1.165) is 83.3 Å². The molecule has 0 aromatic heterocycles. The van der Waals surface area contributed by atoms with Gasteiger partial charge in [-0.25, -0.2) is 8.78 Å². The van der Waals surface area contributed by atoms with Crippen LogP contribution in [0.15, 0.2) is 90.8 Å². The Morgan fingerprint density at radius 3 is 2.12 bits per heavy atom. The molecule has 4 saturated heterocycles. The maximum Gasteiger partial charge on any atom is 0.266 e. The van der Waals surface area contributed by atoms with Crippen LogP contribution in [0.3, 0.4) is 0 Å². The van der Waals surface area contributed by atoms with Crippen LogP contribution in [0.5, 0.6) is 11.5 Å². The lowest BCUT2D eigenvalue weighted by Gasteiger charge is -2.56. The number of ether oxygens (including phenoxy) is 1. The van der Waals surface area contributed by atoms with E-state index in [0.29, 0.717) is 54.5 Å². The molecule has 11 heteroatoms. The third kappa shape index (κ3) is 7.70. The first-order valence-corrected chi connectivity index (χ1v) is 18.5. The Balaban J connectivity index is 0.934. The summed E-state index contributed by atoms with van der Waals surface area (Å²) in [6.07, 6.45) is 8.41. The molecule has 9 nitrogen and oxygen atoms in total. The normalized spacial score (nSPS) is 21.2. The molecule has 0 atom stereocenters. The lowest BCUT2D eigenvalue weighted by Crippen LogP contribution is -2.68. The number of nitrogens with zero attached hydrogens (tertiary/aromatic N) is 4. The molecule has 1 spiro atoms. The van der Waals surface area contributed by atoms with E-state index < -0.39 is 17.2 Å². The van der Waals surface area contributed by atoms with Crippen LogP contribution in [0, 0.1) is 23.0 Å². The third-order valence-corrected chi connectivity index (χ3v) is 11.7. The first kappa shape index (κ1) is 35.6. The number of hydrogen-bond donors (Lipinski definition) is 3. The molecule has 0 bridgehead atoms. The first-order chi connectivity index (χ1) is 25.1. The number of halogens is 2. The number of likely N-dealkylation sites (tertiary alicyclic amines) is 3. The smallest absolute Gasteiger partial charge is 0.266 e. The minimum absolute atomic E-state index is 0.0523. The maximum absolute atomic E-state index is 14.4. The van der Waals surface area contributed by atoms with Crippen molar-refractivity contribution in [2.45, 2.75) is 44.1 Å². The standard InChI is InChI=1S/C41H50F2N6O3/c42-31-22-32(43)24-33(23-31)47-16-10-30(11-17-47)27-46-18-12-40(13-19-46)28-49(29-40)39(51)41(52-35-6-2-1-3-7-35)14-20-48(21-15-41)34(26-44)25-37(45)36-8-4-5-9-38(36)50/h1-9,22-26,30,50H,10-21,27-29,44-45H2/b34-26+,37-25-. The van der Waals surface area contributed by atoms with Crippen LogP contribution in [0.4, 0.5) is 14.5 Å². The number of phenols is 1. The van der Waals surface area contributed by atoms with Gasteiger partial charge >= 0.3 is 0 Å². The summed E-state index contributed by atoms with van der Waals surface area (Å²) in [5.41, 5.74) is 13.9. The van der Waals surface area contributed by atoms with Crippen LogP contribution in [-0.2, 0) is 4.79 Å². The third-order valence-electron chi connectivity index (χ3n) is 11.7. The van der Waals surface area contributed by atoms with Gasteiger partial charge in [0.15, 0.2) is 5.60 Å². The van der Waals surface area contributed by atoms with Crippen molar-refractivity contribution in [3.8, 4) is 11.5 Å². The summed E-state index contributed by atoms with van der Waals surface area (Å²) in [7, 11) is 0. The average molecular weight is 713 g/mol. The second kappa shape index (κ2) is 15.1. The number of benzene rings is 3. The summed E-state index contributed by atoms with van der Waals surface area (Å²) >= 11 is 0. The largest absolute Gasteiger partial charge is 0.507 e. The van der Waals surface area contributed by atoms with E-state index >= 15 is 0 Å². The summed E-state index contributed by atoms with van der Waals surface area (Å²) in [5.74, 6) is 0.336. The van der Waals surface area contributed by atoms with Crippen molar-refractivity contribution in [3.05, 3.63) is 108 Å². The number of piperidine rings is 3. The number of aromatic hydroxyl groups is 1. The van der Waals surface area contributed by atoms with Gasteiger partial charge in [0.1, 0.15) is 23.1 Å². The molecular weight excluding hydrogens is 662 g/mol. The zero-order chi connectivity index (χ0) is 36.3. The van der Waals surface area contributed by atoms with Crippen LogP contribution >= 0.6 is 0 Å². The van der Waals surface area contributed by atoms with E-state index in [1.807, 2.05) is 41.3 Å². The number of carbonyl (C=O) groups is 1. The molecule has 0 radical (unpaired) electrons. The summed E-state index contributed by atoms with van der Waals surface area (Å²) in [4.78, 5) is 23.2. The number of phenolic OH excluding ortho intramolecular Hbond substituents is 1. The van der Waals surface area contributed by atoms with Gasteiger partial charge in [-0.3, -0.25) is 4.79 Å². The van der Waals surface area contributed by atoms with Gasteiger partial charge < -0.3 is 40.9 Å². The highest BCUT2D eigenvalue weighted by Crippen LogP contribution is 2.44. The predicted octanol–water partition coefficient (Wildman–Crippen LogP) is 5.52. The number of hydrogen-bond acceptors (Lipinski definition) is 8. The highest BCUT2D eigenvalue weighted by atomic mass is 19.1. The van der Waals surface area contributed by atoms with E-state index in [1.54, 1.807) is 24.3 Å². The Bertz CT molecular complexity index is 1750. The molecule has 52 heavy (non-hydrogen) atoms. The fourth-order valence-electron chi connectivity index (χ4n) is 8.58. The topological polar surface area (TPSA) is 112 Å². The molecule has 276 valence electrons. The number of allylic oxidation sites excluding steroid dienone is 1. The highest BCUT2D eigenvalue weighted by molar-refractivity contribution is 5.87. The van der Waals surface area contributed by atoms with Crippen molar-refractivity contribution in [2.75, 3.05) is 63.8 Å². The molecule has 0 saturated carbocycles. The predicted molar refractivity (Wildman–Crippen MR) is 199 cm³/mol. The van der Waals surface area contributed by atoms with Crippen molar-refractivity contribution in [1.82, 2.24) is 14.7 Å². The molecule has 1 amide bonds. The van der Waals surface area contributed by atoms with Gasteiger partial charge in [0, 0.05) is 93.3 Å². The van der Waals surface area contributed by atoms with Crippen molar-refractivity contribution in [3.63, 3.8) is 0 Å². The second-order valence-corrected chi connectivity index (χ2v) is 15.1. The molecule has 7 rings (SSSR count). The number of amides is 1. The zero-order valence-corrected chi connectivity index (χ0v) is 29.7. The minimum atomic E-state index is -0.987. The maximum atomic E-state index is 14.4. The van der Waals surface area contributed by atoms with Gasteiger partial charge in [-0.1, -0.05) is 30.3 Å². The Morgan fingerprint density at radius 1 is 0.846 bits per heavy atom. The molecule has 4 aliphatic rings. The number of rotatable bonds is 9. The monoisotopic (exact) mass is 712 g/mol. The van der Waals surface area contributed by atoms with Crippen molar-refractivity contribution in [1.29, 1.82) is 0 Å². The van der Waals surface area contributed by atoms with Crippen LogP contribution in [0.1, 0.15) is 44.1 Å². The second-order valence-electron chi connectivity index (χ2n) is 15.1. The summed E-state index contributed by atoms with van der Waals surface area (Å²) < 4.78 is 34.1. The fraction of sp³-hybridized carbons (Fsp3) is 0.439. The van der Waals surface area contributed by atoms with E-state index in [-0.39, 0.29) is 17.1 Å². The van der Waals surface area contributed by atoms with E-state index in [2.05, 4.69) is 14.7 Å². The number of carbonyl (C=O) groups excluding carboxylic acids is 1. The van der Waals surface area contributed by atoms with Crippen LogP contribution in [0.2, 0.25) is 0 Å². The van der Waals surface area contributed by atoms with E-state index in [4.69, 9.17) is 16.2 Å². The summed E-state index contributed by atoms with van der Waals surface area (Å²) in [6, 6.07) is 20.3. The molecule has 4 fully saturated rings. The van der Waals surface area contributed by atoms with Gasteiger partial charge in [0.05, 0.1) is 5.70 Å². The van der Waals surface area contributed by atoms with Crippen LogP contribution in [-0.4, -0.2) is 90.2 Å². The molecule has 0 aliphatic carbocycles. The minimum Gasteiger partial charge on any atom is -0.507 e. The summed E-state index contributed by atoms with van der Waals surface area (Å²) in [5, 5.41) is 10.3. The number of anilines is 1. The molecule has 0 unspecified atom stereocenters. The van der Waals surface area contributed by atoms with Gasteiger partial charge in [-0.15, -0.1) is 0 Å². The Morgan fingerprint density at radius 2 is 1.48 bits per heavy atom. The number of para-hydroxylation sites is 2. The van der Waals surface area contributed by atoms with Gasteiger partial charge in [0.25, 0.3) is 5.91 Å². The quantitative estimate of drug-likeness (QED) is 0.249. The fourth-order valence-corrected chi connectivity index (χ4v) is 8.58. The molecule has 5 N–H and O–H groups in total. The first-order valence-electron chi connectivity index (χ1n) is 18.5. The van der Waals surface area contributed by atoms with Crippen LogP contribution in [0.25, 0.3) is 5.70 Å². The lowest BCUT2D eigenvalue weighted by molar-refractivity contribution is -0.167. The zero-order valence-electron chi connectivity index (χ0n) is 29.7. The molecule has 4 aliphatic heterocycles. The lowest BCUT2D eigenvalue weighted by atomic mass is 9.71. The Kier molecular flexibility index (Phi) is 10.3. The van der Waals surface area contributed by atoms with E-state index in [9.17, 15) is 18.7 Å². The van der Waals surface area contributed by atoms with E-state index in [1.165, 1.54) is 18.3 Å².